The summed E-state index contributed by atoms with van der Waals surface area (Å²) in [6, 6.07) is 0. The smallest absolute Gasteiger partial charge is 0.102 e. The van der Waals surface area contributed by atoms with E-state index in [0.29, 0.717) is 5.92 Å². The van der Waals surface area contributed by atoms with Crippen molar-refractivity contribution >= 4 is 5.84 Å². The number of amidine groups is 1. The Morgan fingerprint density at radius 3 is 2.00 bits per heavy atom. The van der Waals surface area contributed by atoms with Crippen LogP contribution >= 0.6 is 0 Å². The van der Waals surface area contributed by atoms with E-state index >= 15 is 0 Å². The van der Waals surface area contributed by atoms with Gasteiger partial charge in [0.15, 0.2) is 0 Å². The van der Waals surface area contributed by atoms with Crippen LogP contribution in [0, 0.1) is 5.92 Å². The fraction of sp³-hybridized carbons (Fsp3) is 0.909. The molecule has 2 heteroatoms. The van der Waals surface area contributed by atoms with Crippen molar-refractivity contribution in [1.82, 2.24) is 4.90 Å². The Kier molecular flexibility index (Phi) is 4.45. The van der Waals surface area contributed by atoms with E-state index in [9.17, 15) is 0 Å². The Labute approximate surface area is 83.0 Å². The molecule has 0 aromatic carbocycles. The fourth-order valence-corrected chi connectivity index (χ4v) is 1.13. The van der Waals surface area contributed by atoms with Gasteiger partial charge in [0.2, 0.25) is 0 Å². The monoisotopic (exact) mass is 184 g/mol. The van der Waals surface area contributed by atoms with E-state index in [0.717, 1.165) is 6.42 Å². The first-order valence-electron chi connectivity index (χ1n) is 5.07. The molecule has 0 spiro atoms. The van der Waals surface area contributed by atoms with Crippen molar-refractivity contribution in [3.8, 4) is 0 Å². The third kappa shape index (κ3) is 4.30. The maximum atomic E-state index is 4.77. The molecule has 0 saturated carbocycles. The molecule has 0 aliphatic carbocycles. The number of rotatable bonds is 3. The average Bonchev–Trinajstić information content (AvgIpc) is 1.99. The highest BCUT2D eigenvalue weighted by atomic mass is 15.2. The zero-order valence-corrected chi connectivity index (χ0v) is 10.2. The molecular formula is C11H24N2. The van der Waals surface area contributed by atoms with E-state index in [2.05, 4.69) is 53.6 Å². The van der Waals surface area contributed by atoms with Crippen molar-refractivity contribution in [3.63, 3.8) is 0 Å². The molecule has 13 heavy (non-hydrogen) atoms. The van der Waals surface area contributed by atoms with Crippen LogP contribution in [0.3, 0.4) is 0 Å². The molecule has 0 aliphatic rings. The molecule has 0 radical (unpaired) electrons. The SMILES string of the molecule is CCC(C)(C)/N=C(\C(C)C)N(C)C. The Morgan fingerprint density at radius 1 is 1.31 bits per heavy atom. The van der Waals surface area contributed by atoms with Crippen molar-refractivity contribution < 1.29 is 0 Å². The lowest BCUT2D eigenvalue weighted by Crippen LogP contribution is -2.31. The van der Waals surface area contributed by atoms with E-state index in [1.807, 2.05) is 0 Å². The van der Waals surface area contributed by atoms with Crippen LogP contribution in [-0.2, 0) is 0 Å². The van der Waals surface area contributed by atoms with Gasteiger partial charge in [-0.2, -0.15) is 0 Å². The Morgan fingerprint density at radius 2 is 1.77 bits per heavy atom. The van der Waals surface area contributed by atoms with E-state index in [-0.39, 0.29) is 5.54 Å². The van der Waals surface area contributed by atoms with Gasteiger partial charge >= 0.3 is 0 Å². The van der Waals surface area contributed by atoms with E-state index in [1.54, 1.807) is 0 Å². The Balaban J connectivity index is 4.73. The second kappa shape index (κ2) is 4.64. The molecule has 0 aromatic rings. The summed E-state index contributed by atoms with van der Waals surface area (Å²) in [4.78, 5) is 6.88. The molecule has 0 rings (SSSR count). The van der Waals surface area contributed by atoms with Gasteiger partial charge in [-0.25, -0.2) is 0 Å². The van der Waals surface area contributed by atoms with Crippen molar-refractivity contribution in [2.75, 3.05) is 14.1 Å². The van der Waals surface area contributed by atoms with E-state index < -0.39 is 0 Å². The molecule has 0 saturated heterocycles. The van der Waals surface area contributed by atoms with E-state index in [4.69, 9.17) is 4.99 Å². The minimum Gasteiger partial charge on any atom is -0.366 e. The quantitative estimate of drug-likeness (QED) is 0.486. The maximum Gasteiger partial charge on any atom is 0.102 e. The summed E-state index contributed by atoms with van der Waals surface area (Å²) in [6.45, 7) is 10.9. The van der Waals surface area contributed by atoms with Gasteiger partial charge in [0.1, 0.15) is 5.84 Å². The van der Waals surface area contributed by atoms with Crippen LogP contribution in [0.1, 0.15) is 41.0 Å². The second-order valence-electron chi connectivity index (χ2n) is 4.69. The number of hydrogen-bond acceptors (Lipinski definition) is 1. The first-order valence-corrected chi connectivity index (χ1v) is 5.07. The molecule has 0 amide bonds. The average molecular weight is 184 g/mol. The minimum atomic E-state index is 0.0733. The minimum absolute atomic E-state index is 0.0733. The summed E-state index contributed by atoms with van der Waals surface area (Å²) < 4.78 is 0. The molecule has 0 heterocycles. The third-order valence-electron chi connectivity index (χ3n) is 2.26. The topological polar surface area (TPSA) is 15.6 Å². The maximum absolute atomic E-state index is 4.77. The molecular weight excluding hydrogens is 160 g/mol. The lowest BCUT2D eigenvalue weighted by atomic mass is 10.0. The standard InChI is InChI=1S/C11H24N2/c1-8-11(4,5)12-10(9(2)3)13(6)7/h9H,8H2,1-7H3/b12-10+. The Hall–Kier alpha value is -0.530. The normalized spacial score (nSPS) is 13.7. The van der Waals surface area contributed by atoms with Gasteiger partial charge < -0.3 is 4.90 Å². The highest BCUT2D eigenvalue weighted by Gasteiger charge is 2.17. The summed E-state index contributed by atoms with van der Waals surface area (Å²) in [5, 5.41) is 0. The third-order valence-corrected chi connectivity index (χ3v) is 2.26. The second-order valence-corrected chi connectivity index (χ2v) is 4.69. The summed E-state index contributed by atoms with van der Waals surface area (Å²) in [5.41, 5.74) is 0.0733. The number of hydrogen-bond donors (Lipinski definition) is 0. The highest BCUT2D eigenvalue weighted by molar-refractivity contribution is 5.84. The van der Waals surface area contributed by atoms with Gasteiger partial charge in [-0.1, -0.05) is 20.8 Å². The van der Waals surface area contributed by atoms with Crippen LogP contribution in [0.25, 0.3) is 0 Å². The molecule has 0 atom stereocenters. The molecule has 0 unspecified atom stereocenters. The fourth-order valence-electron chi connectivity index (χ4n) is 1.13. The van der Waals surface area contributed by atoms with Crippen molar-refractivity contribution in [3.05, 3.63) is 0 Å². The van der Waals surface area contributed by atoms with Crippen LogP contribution in [-0.4, -0.2) is 30.4 Å². The molecule has 78 valence electrons. The predicted molar refractivity (Wildman–Crippen MR) is 60.3 cm³/mol. The van der Waals surface area contributed by atoms with Gasteiger partial charge in [0.05, 0.1) is 5.54 Å². The molecule has 0 aromatic heterocycles. The van der Waals surface area contributed by atoms with Gasteiger partial charge in [0.25, 0.3) is 0 Å². The van der Waals surface area contributed by atoms with Gasteiger partial charge in [-0.05, 0) is 20.3 Å². The van der Waals surface area contributed by atoms with Crippen LogP contribution < -0.4 is 0 Å². The molecule has 2 nitrogen and oxygen atoms in total. The zero-order chi connectivity index (χ0) is 10.6. The van der Waals surface area contributed by atoms with Crippen LogP contribution in [0.2, 0.25) is 0 Å². The number of aliphatic imine (C=N–C) groups is 1. The first kappa shape index (κ1) is 12.5. The summed E-state index contributed by atoms with van der Waals surface area (Å²) in [7, 11) is 4.12. The molecule has 0 fully saturated rings. The molecule has 0 aliphatic heterocycles. The summed E-state index contributed by atoms with van der Waals surface area (Å²) >= 11 is 0. The highest BCUT2D eigenvalue weighted by Crippen LogP contribution is 2.16. The predicted octanol–water partition coefficient (Wildman–Crippen LogP) is 2.79. The zero-order valence-electron chi connectivity index (χ0n) is 10.2. The lowest BCUT2D eigenvalue weighted by Gasteiger charge is -2.25. The van der Waals surface area contributed by atoms with Gasteiger partial charge in [-0.3, -0.25) is 4.99 Å². The van der Waals surface area contributed by atoms with Crippen LogP contribution in [0.15, 0.2) is 4.99 Å². The van der Waals surface area contributed by atoms with Crippen molar-refractivity contribution in [2.45, 2.75) is 46.6 Å². The van der Waals surface area contributed by atoms with Gasteiger partial charge in [-0.15, -0.1) is 0 Å². The molecule has 0 N–H and O–H groups in total. The molecule has 0 bridgehead atoms. The lowest BCUT2D eigenvalue weighted by molar-refractivity contribution is 0.475. The largest absolute Gasteiger partial charge is 0.366 e. The summed E-state index contributed by atoms with van der Waals surface area (Å²) in [5.74, 6) is 1.69. The van der Waals surface area contributed by atoms with Crippen LogP contribution in [0.4, 0.5) is 0 Å². The van der Waals surface area contributed by atoms with Crippen LogP contribution in [0.5, 0.6) is 0 Å². The van der Waals surface area contributed by atoms with Gasteiger partial charge in [0, 0.05) is 20.0 Å². The van der Waals surface area contributed by atoms with Crippen molar-refractivity contribution in [1.29, 1.82) is 0 Å². The van der Waals surface area contributed by atoms with E-state index in [1.165, 1.54) is 5.84 Å². The summed E-state index contributed by atoms with van der Waals surface area (Å²) in [6.07, 6.45) is 1.08. The first-order chi connectivity index (χ1) is 5.80. The number of nitrogens with zero attached hydrogens (tertiary/aromatic N) is 2. The Bertz CT molecular complexity index is 169. The van der Waals surface area contributed by atoms with Crippen molar-refractivity contribution in [2.24, 2.45) is 10.9 Å².